The first-order chi connectivity index (χ1) is 9.99. The molecule has 0 spiro atoms. The van der Waals surface area contributed by atoms with Gasteiger partial charge in [0.05, 0.1) is 6.10 Å². The number of aryl methyl sites for hydroxylation is 2. The van der Waals surface area contributed by atoms with Crippen LogP contribution in [0.4, 0.5) is 0 Å². The van der Waals surface area contributed by atoms with E-state index in [4.69, 9.17) is 10.5 Å². The van der Waals surface area contributed by atoms with Gasteiger partial charge in [-0.05, 0) is 51.2 Å². The number of nitrogens with one attached hydrogen (secondary N) is 1. The fourth-order valence-corrected chi connectivity index (χ4v) is 2.86. The van der Waals surface area contributed by atoms with E-state index in [9.17, 15) is 4.79 Å². The first-order valence-electron chi connectivity index (χ1n) is 7.71. The van der Waals surface area contributed by atoms with Gasteiger partial charge in [0, 0.05) is 12.6 Å². The van der Waals surface area contributed by atoms with Crippen LogP contribution in [0.3, 0.4) is 0 Å². The van der Waals surface area contributed by atoms with Crippen LogP contribution >= 0.6 is 0 Å². The Morgan fingerprint density at radius 3 is 2.81 bits per heavy atom. The first kappa shape index (κ1) is 16.0. The Kier molecular flexibility index (Phi) is 5.37. The van der Waals surface area contributed by atoms with Crippen molar-refractivity contribution in [3.63, 3.8) is 0 Å². The van der Waals surface area contributed by atoms with E-state index in [2.05, 4.69) is 37.4 Å². The van der Waals surface area contributed by atoms with E-state index >= 15 is 0 Å². The number of hydrogen-bond donors (Lipinski definition) is 2. The van der Waals surface area contributed by atoms with Crippen LogP contribution in [0.5, 0.6) is 0 Å². The number of nitrogens with two attached hydrogens (primary N) is 1. The van der Waals surface area contributed by atoms with Gasteiger partial charge in [-0.2, -0.15) is 0 Å². The van der Waals surface area contributed by atoms with Crippen LogP contribution in [-0.2, 0) is 16.0 Å². The second-order valence-electron chi connectivity index (χ2n) is 6.10. The molecule has 0 saturated carbocycles. The van der Waals surface area contributed by atoms with E-state index in [1.165, 1.54) is 16.7 Å². The van der Waals surface area contributed by atoms with Crippen LogP contribution in [-0.4, -0.2) is 30.7 Å². The smallest absolute Gasteiger partial charge is 0.249 e. The lowest BCUT2D eigenvalue weighted by molar-refractivity contribution is -0.132. The summed E-state index contributed by atoms with van der Waals surface area (Å²) in [7, 11) is 0. The Balaban J connectivity index is 1.86. The van der Waals surface area contributed by atoms with Crippen molar-refractivity contribution < 1.29 is 9.53 Å². The van der Waals surface area contributed by atoms with E-state index in [-0.39, 0.29) is 24.2 Å². The summed E-state index contributed by atoms with van der Waals surface area (Å²) in [5.74, 6) is -0.0109. The molecule has 1 unspecified atom stereocenters. The van der Waals surface area contributed by atoms with Gasteiger partial charge in [-0.25, -0.2) is 0 Å². The average molecular weight is 290 g/mol. The molecule has 1 fully saturated rings. The summed E-state index contributed by atoms with van der Waals surface area (Å²) in [6, 6.07) is 6.53. The molecule has 4 heteroatoms. The molecule has 0 bridgehead atoms. The van der Waals surface area contributed by atoms with E-state index < -0.39 is 0 Å². The molecule has 2 rings (SSSR count). The molecule has 0 radical (unpaired) electrons. The maximum atomic E-state index is 12.2. The molecule has 1 aliphatic rings. The molecule has 0 aliphatic carbocycles. The number of benzene rings is 1. The van der Waals surface area contributed by atoms with Crippen molar-refractivity contribution in [3.8, 4) is 0 Å². The average Bonchev–Trinajstić information content (AvgIpc) is 2.91. The molecule has 1 aromatic rings. The number of hydrogen-bond acceptors (Lipinski definition) is 3. The summed E-state index contributed by atoms with van der Waals surface area (Å²) in [6.45, 7) is 6.73. The molecular weight excluding hydrogens is 264 g/mol. The van der Waals surface area contributed by atoms with Gasteiger partial charge in [-0.1, -0.05) is 23.8 Å². The Morgan fingerprint density at radius 1 is 1.43 bits per heavy atom. The topological polar surface area (TPSA) is 64.4 Å². The van der Waals surface area contributed by atoms with Crippen molar-refractivity contribution in [1.29, 1.82) is 0 Å². The maximum Gasteiger partial charge on any atom is 0.249 e. The molecule has 1 aromatic carbocycles. The van der Waals surface area contributed by atoms with Gasteiger partial charge in [-0.3, -0.25) is 4.79 Å². The fraction of sp³-hybridized carbons (Fsp3) is 0.588. The third-order valence-corrected chi connectivity index (χ3v) is 4.08. The summed E-state index contributed by atoms with van der Waals surface area (Å²) < 4.78 is 5.63. The fourth-order valence-electron chi connectivity index (χ4n) is 2.86. The number of ether oxygens (including phenoxy) is 1. The zero-order chi connectivity index (χ0) is 15.4. The van der Waals surface area contributed by atoms with Crippen LogP contribution < -0.4 is 11.1 Å². The van der Waals surface area contributed by atoms with Gasteiger partial charge < -0.3 is 15.8 Å². The second-order valence-corrected chi connectivity index (χ2v) is 6.10. The summed E-state index contributed by atoms with van der Waals surface area (Å²) >= 11 is 0. The van der Waals surface area contributed by atoms with Crippen LogP contribution in [0.25, 0.3) is 0 Å². The number of carbonyl (C=O) groups is 1. The molecule has 116 valence electrons. The summed E-state index contributed by atoms with van der Waals surface area (Å²) in [5.41, 5.74) is 9.39. The second kappa shape index (κ2) is 7.05. The highest BCUT2D eigenvalue weighted by molar-refractivity contribution is 5.81. The van der Waals surface area contributed by atoms with Crippen LogP contribution in [0.1, 0.15) is 36.5 Å². The van der Waals surface area contributed by atoms with E-state index in [0.717, 1.165) is 19.3 Å². The highest BCUT2D eigenvalue weighted by Gasteiger charge is 2.30. The van der Waals surface area contributed by atoms with E-state index in [1.54, 1.807) is 0 Å². The van der Waals surface area contributed by atoms with Crippen LogP contribution in [0.15, 0.2) is 18.2 Å². The molecule has 1 aliphatic heterocycles. The predicted octanol–water partition coefficient (Wildman–Crippen LogP) is 1.86. The van der Waals surface area contributed by atoms with Crippen molar-refractivity contribution in [2.45, 2.75) is 58.3 Å². The third kappa shape index (κ3) is 4.29. The summed E-state index contributed by atoms with van der Waals surface area (Å²) in [6.07, 6.45) is 2.19. The van der Waals surface area contributed by atoms with Gasteiger partial charge >= 0.3 is 0 Å². The molecule has 0 aromatic heterocycles. The zero-order valence-corrected chi connectivity index (χ0v) is 13.2. The quantitative estimate of drug-likeness (QED) is 0.870. The first-order valence-corrected chi connectivity index (χ1v) is 7.71. The van der Waals surface area contributed by atoms with Crippen molar-refractivity contribution in [1.82, 2.24) is 5.32 Å². The predicted molar refractivity (Wildman–Crippen MR) is 84.2 cm³/mol. The van der Waals surface area contributed by atoms with Crippen molar-refractivity contribution in [2.75, 3.05) is 6.54 Å². The highest BCUT2D eigenvalue weighted by atomic mass is 16.5. The van der Waals surface area contributed by atoms with Gasteiger partial charge in [0.25, 0.3) is 0 Å². The lowest BCUT2D eigenvalue weighted by Gasteiger charge is -2.18. The van der Waals surface area contributed by atoms with E-state index in [1.807, 2.05) is 6.92 Å². The molecule has 1 saturated heterocycles. The van der Waals surface area contributed by atoms with Crippen LogP contribution in [0.2, 0.25) is 0 Å². The van der Waals surface area contributed by atoms with Crippen molar-refractivity contribution >= 4 is 5.91 Å². The normalized spacial score (nSPS) is 23.0. The SMILES string of the molecule is Cc1ccc(CC(C)NC(=O)[C@@H]2CC[C@H](CN)O2)c(C)c1. The largest absolute Gasteiger partial charge is 0.364 e. The van der Waals surface area contributed by atoms with Crippen molar-refractivity contribution in [2.24, 2.45) is 5.73 Å². The minimum atomic E-state index is -0.333. The van der Waals surface area contributed by atoms with Gasteiger partial charge in [-0.15, -0.1) is 0 Å². The highest BCUT2D eigenvalue weighted by Crippen LogP contribution is 2.19. The monoisotopic (exact) mass is 290 g/mol. The number of amides is 1. The summed E-state index contributed by atoms with van der Waals surface area (Å²) in [4.78, 5) is 12.2. The molecule has 21 heavy (non-hydrogen) atoms. The Labute approximate surface area is 127 Å². The molecule has 1 heterocycles. The molecule has 4 nitrogen and oxygen atoms in total. The lowest BCUT2D eigenvalue weighted by Crippen LogP contribution is -2.41. The third-order valence-electron chi connectivity index (χ3n) is 4.08. The Bertz CT molecular complexity index is 502. The van der Waals surface area contributed by atoms with Crippen LogP contribution in [0, 0.1) is 13.8 Å². The standard InChI is InChI=1S/C17H26N2O2/c1-11-4-5-14(12(2)8-11)9-13(3)19-17(20)16-7-6-15(10-18)21-16/h4-5,8,13,15-16H,6-7,9-10,18H2,1-3H3,(H,19,20)/t13?,15-,16+/m1/s1. The Hall–Kier alpha value is -1.39. The number of carbonyl (C=O) groups excluding carboxylic acids is 1. The zero-order valence-electron chi connectivity index (χ0n) is 13.2. The molecule has 3 atom stereocenters. The lowest BCUT2D eigenvalue weighted by atomic mass is 10.00. The molecular formula is C17H26N2O2. The van der Waals surface area contributed by atoms with Gasteiger partial charge in [0.2, 0.25) is 5.91 Å². The minimum absolute atomic E-state index is 0.0109. The minimum Gasteiger partial charge on any atom is -0.364 e. The van der Waals surface area contributed by atoms with Crippen molar-refractivity contribution in [3.05, 3.63) is 34.9 Å². The maximum absolute atomic E-state index is 12.2. The van der Waals surface area contributed by atoms with Gasteiger partial charge in [0.15, 0.2) is 0 Å². The Morgan fingerprint density at radius 2 is 2.19 bits per heavy atom. The van der Waals surface area contributed by atoms with E-state index in [0.29, 0.717) is 6.54 Å². The number of rotatable bonds is 5. The molecule has 3 N–H and O–H groups in total. The van der Waals surface area contributed by atoms with Gasteiger partial charge in [0.1, 0.15) is 6.10 Å². The molecule has 1 amide bonds. The summed E-state index contributed by atoms with van der Waals surface area (Å²) in [5, 5.41) is 3.05.